The molecule has 16 heavy (non-hydrogen) atoms. The monoisotopic (exact) mass is 224 g/mol. The molecule has 4 nitrogen and oxygen atoms in total. The largest absolute Gasteiger partial charge is 0.450 e. The lowest BCUT2D eigenvalue weighted by Gasteiger charge is -2.39. The summed E-state index contributed by atoms with van der Waals surface area (Å²) in [7, 11) is 0. The molecule has 0 N–H and O–H groups in total. The van der Waals surface area contributed by atoms with Crippen LogP contribution in [0.4, 0.5) is 4.79 Å². The van der Waals surface area contributed by atoms with E-state index in [9.17, 15) is 10.1 Å². The summed E-state index contributed by atoms with van der Waals surface area (Å²) in [4.78, 5) is 13.4. The minimum absolute atomic E-state index is 0.353. The minimum atomic E-state index is -0.626. The van der Waals surface area contributed by atoms with Crippen molar-refractivity contribution in [2.75, 3.05) is 13.2 Å². The molecule has 0 saturated heterocycles. The highest BCUT2D eigenvalue weighted by molar-refractivity contribution is 5.69. The van der Waals surface area contributed by atoms with Gasteiger partial charge in [0, 0.05) is 6.54 Å². The van der Waals surface area contributed by atoms with Crippen molar-refractivity contribution in [1.82, 2.24) is 4.90 Å². The summed E-state index contributed by atoms with van der Waals surface area (Å²) < 4.78 is 5.01. The van der Waals surface area contributed by atoms with Crippen LogP contribution < -0.4 is 0 Å². The molecule has 1 rings (SSSR count). The van der Waals surface area contributed by atoms with Crippen molar-refractivity contribution in [1.29, 1.82) is 5.26 Å². The Morgan fingerprint density at radius 3 is 2.44 bits per heavy atom. The van der Waals surface area contributed by atoms with Gasteiger partial charge < -0.3 is 4.74 Å². The molecule has 0 aromatic rings. The van der Waals surface area contributed by atoms with Gasteiger partial charge in [0.15, 0.2) is 0 Å². The van der Waals surface area contributed by atoms with Crippen LogP contribution in [-0.2, 0) is 4.74 Å². The molecule has 0 aromatic heterocycles. The molecule has 1 aliphatic carbocycles. The van der Waals surface area contributed by atoms with E-state index < -0.39 is 5.54 Å². The number of rotatable bonds is 3. The molecule has 0 unspecified atom stereocenters. The number of nitrogens with zero attached hydrogens (tertiary/aromatic N) is 2. The summed E-state index contributed by atoms with van der Waals surface area (Å²) in [5.74, 6) is 0. The predicted octanol–water partition coefficient (Wildman–Crippen LogP) is 2.69. The van der Waals surface area contributed by atoms with Crippen molar-refractivity contribution in [3.8, 4) is 6.07 Å². The fourth-order valence-electron chi connectivity index (χ4n) is 2.39. The van der Waals surface area contributed by atoms with Crippen LogP contribution >= 0.6 is 0 Å². The SMILES string of the molecule is CCOC(=O)N(CC)C1(C#N)CCCCC1. The fraction of sp³-hybridized carbons (Fsp3) is 0.833. The third-order valence-corrected chi connectivity index (χ3v) is 3.21. The molecule has 0 heterocycles. The Balaban J connectivity index is 2.82. The third-order valence-electron chi connectivity index (χ3n) is 3.21. The van der Waals surface area contributed by atoms with Gasteiger partial charge in [-0.25, -0.2) is 4.79 Å². The second-order valence-corrected chi connectivity index (χ2v) is 4.15. The van der Waals surface area contributed by atoms with E-state index in [4.69, 9.17) is 4.74 Å². The van der Waals surface area contributed by atoms with E-state index in [0.717, 1.165) is 32.1 Å². The first-order chi connectivity index (χ1) is 7.70. The molecule has 1 saturated carbocycles. The lowest BCUT2D eigenvalue weighted by atomic mass is 9.81. The summed E-state index contributed by atoms with van der Waals surface area (Å²) in [5.41, 5.74) is -0.626. The van der Waals surface area contributed by atoms with Crippen LogP contribution in [-0.4, -0.2) is 29.7 Å². The van der Waals surface area contributed by atoms with Crippen molar-refractivity contribution < 1.29 is 9.53 Å². The van der Waals surface area contributed by atoms with Crippen LogP contribution in [0, 0.1) is 11.3 Å². The van der Waals surface area contributed by atoms with Crippen molar-refractivity contribution in [3.63, 3.8) is 0 Å². The standard InChI is InChI=1S/C12H20N2O2/c1-3-14(11(15)16-4-2)12(10-13)8-6-5-7-9-12/h3-9H2,1-2H3. The van der Waals surface area contributed by atoms with Crippen molar-refractivity contribution in [3.05, 3.63) is 0 Å². The van der Waals surface area contributed by atoms with E-state index in [0.29, 0.717) is 13.2 Å². The van der Waals surface area contributed by atoms with Crippen molar-refractivity contribution in [2.24, 2.45) is 0 Å². The van der Waals surface area contributed by atoms with E-state index in [1.54, 1.807) is 11.8 Å². The summed E-state index contributed by atoms with van der Waals surface area (Å²) in [6, 6.07) is 2.33. The predicted molar refractivity (Wildman–Crippen MR) is 60.8 cm³/mol. The second kappa shape index (κ2) is 5.74. The van der Waals surface area contributed by atoms with Crippen LogP contribution in [0.3, 0.4) is 0 Å². The quantitative estimate of drug-likeness (QED) is 0.740. The van der Waals surface area contributed by atoms with E-state index >= 15 is 0 Å². The van der Waals surface area contributed by atoms with Crippen molar-refractivity contribution in [2.45, 2.75) is 51.5 Å². The first kappa shape index (κ1) is 12.8. The molecule has 1 amide bonds. The van der Waals surface area contributed by atoms with E-state index in [1.165, 1.54) is 0 Å². The third kappa shape index (κ3) is 2.46. The average molecular weight is 224 g/mol. The topological polar surface area (TPSA) is 53.3 Å². The lowest BCUT2D eigenvalue weighted by molar-refractivity contribution is 0.0601. The maximum absolute atomic E-state index is 11.8. The highest BCUT2D eigenvalue weighted by Gasteiger charge is 2.40. The van der Waals surface area contributed by atoms with Gasteiger partial charge in [0.25, 0.3) is 0 Å². The van der Waals surface area contributed by atoms with Gasteiger partial charge in [0.1, 0.15) is 5.54 Å². The highest BCUT2D eigenvalue weighted by Crippen LogP contribution is 2.33. The Bertz CT molecular complexity index is 277. The second-order valence-electron chi connectivity index (χ2n) is 4.15. The van der Waals surface area contributed by atoms with Crippen LogP contribution in [0.15, 0.2) is 0 Å². The first-order valence-corrected chi connectivity index (χ1v) is 6.06. The van der Waals surface area contributed by atoms with Gasteiger partial charge in [-0.1, -0.05) is 19.3 Å². The molecule has 0 aromatic carbocycles. The fourth-order valence-corrected chi connectivity index (χ4v) is 2.39. The van der Waals surface area contributed by atoms with Crippen LogP contribution in [0.2, 0.25) is 0 Å². The molecule has 0 radical (unpaired) electrons. The summed E-state index contributed by atoms with van der Waals surface area (Å²) in [6.07, 6.45) is 4.39. The number of carbonyl (C=O) groups excluding carboxylic acids is 1. The number of hydrogen-bond donors (Lipinski definition) is 0. The molecule has 0 spiro atoms. The Kier molecular flexibility index (Phi) is 4.60. The molecule has 1 aliphatic rings. The van der Waals surface area contributed by atoms with E-state index in [2.05, 4.69) is 6.07 Å². The molecule has 90 valence electrons. The normalized spacial score (nSPS) is 18.6. The van der Waals surface area contributed by atoms with E-state index in [-0.39, 0.29) is 6.09 Å². The number of amides is 1. The van der Waals surface area contributed by atoms with Crippen LogP contribution in [0.1, 0.15) is 46.0 Å². The Morgan fingerprint density at radius 1 is 1.38 bits per heavy atom. The lowest BCUT2D eigenvalue weighted by Crippen LogP contribution is -2.52. The number of carbonyl (C=O) groups is 1. The Hall–Kier alpha value is -1.24. The Labute approximate surface area is 97.2 Å². The smallest absolute Gasteiger partial charge is 0.411 e. The number of nitriles is 1. The summed E-state index contributed by atoms with van der Waals surface area (Å²) >= 11 is 0. The zero-order valence-electron chi connectivity index (χ0n) is 10.2. The first-order valence-electron chi connectivity index (χ1n) is 6.06. The average Bonchev–Trinajstić information content (AvgIpc) is 2.31. The number of ether oxygens (including phenoxy) is 1. The molecule has 0 bridgehead atoms. The summed E-state index contributed by atoms with van der Waals surface area (Å²) in [5, 5.41) is 9.36. The maximum Gasteiger partial charge on any atom is 0.411 e. The van der Waals surface area contributed by atoms with Gasteiger partial charge in [0.2, 0.25) is 0 Å². The molecule has 0 aliphatic heterocycles. The van der Waals surface area contributed by atoms with Crippen molar-refractivity contribution >= 4 is 6.09 Å². The van der Waals surface area contributed by atoms with Gasteiger partial charge in [-0.3, -0.25) is 4.90 Å². The van der Waals surface area contributed by atoms with Crippen LogP contribution in [0.5, 0.6) is 0 Å². The maximum atomic E-state index is 11.8. The van der Waals surface area contributed by atoms with Gasteiger partial charge in [0.05, 0.1) is 12.7 Å². The summed E-state index contributed by atoms with van der Waals surface area (Å²) in [6.45, 7) is 4.57. The van der Waals surface area contributed by atoms with Gasteiger partial charge >= 0.3 is 6.09 Å². The van der Waals surface area contributed by atoms with Gasteiger partial charge in [-0.2, -0.15) is 5.26 Å². The molecule has 1 fully saturated rings. The molecular formula is C12H20N2O2. The number of hydrogen-bond acceptors (Lipinski definition) is 3. The van der Waals surface area contributed by atoms with Gasteiger partial charge in [-0.15, -0.1) is 0 Å². The zero-order chi connectivity index (χ0) is 12.0. The van der Waals surface area contributed by atoms with Gasteiger partial charge in [-0.05, 0) is 26.7 Å². The zero-order valence-corrected chi connectivity index (χ0v) is 10.2. The minimum Gasteiger partial charge on any atom is -0.450 e. The molecule has 4 heteroatoms. The van der Waals surface area contributed by atoms with Crippen LogP contribution in [0.25, 0.3) is 0 Å². The van der Waals surface area contributed by atoms with E-state index in [1.807, 2.05) is 6.92 Å². The Morgan fingerprint density at radius 2 is 2.00 bits per heavy atom. The highest BCUT2D eigenvalue weighted by atomic mass is 16.6. The molecule has 0 atom stereocenters. The molecular weight excluding hydrogens is 204 g/mol.